The standard InChI is InChI=1S/C7H7ClN4/c1-9-7-4-3-10-6(8)2-5(4)11-12-7/h2-3H,1H3,(H2,9,11,12). The zero-order chi connectivity index (χ0) is 8.55. The predicted molar refractivity (Wildman–Crippen MR) is 48.4 cm³/mol. The first kappa shape index (κ1) is 7.36. The maximum atomic E-state index is 5.69. The van der Waals surface area contributed by atoms with Gasteiger partial charge in [0.05, 0.1) is 10.9 Å². The van der Waals surface area contributed by atoms with Crippen molar-refractivity contribution >= 4 is 28.3 Å². The summed E-state index contributed by atoms with van der Waals surface area (Å²) in [5.74, 6) is 0.786. The van der Waals surface area contributed by atoms with Crippen molar-refractivity contribution in [1.82, 2.24) is 15.2 Å². The average molecular weight is 183 g/mol. The van der Waals surface area contributed by atoms with Crippen LogP contribution in [-0.2, 0) is 0 Å². The Bertz CT molecular complexity index is 409. The van der Waals surface area contributed by atoms with Crippen LogP contribution in [0.15, 0.2) is 12.3 Å². The Morgan fingerprint density at radius 3 is 3.17 bits per heavy atom. The molecule has 5 heteroatoms. The highest BCUT2D eigenvalue weighted by atomic mass is 35.5. The SMILES string of the molecule is CNc1n[nH]c2cc(Cl)ncc12. The van der Waals surface area contributed by atoms with Crippen molar-refractivity contribution in [3.63, 3.8) is 0 Å². The van der Waals surface area contributed by atoms with Crippen molar-refractivity contribution in [3.8, 4) is 0 Å². The van der Waals surface area contributed by atoms with E-state index in [0.717, 1.165) is 16.7 Å². The highest BCUT2D eigenvalue weighted by Crippen LogP contribution is 2.20. The molecule has 0 saturated carbocycles. The fourth-order valence-electron chi connectivity index (χ4n) is 1.08. The van der Waals surface area contributed by atoms with E-state index in [4.69, 9.17) is 11.6 Å². The third-order valence-corrected chi connectivity index (χ3v) is 1.86. The van der Waals surface area contributed by atoms with Crippen LogP contribution in [0.3, 0.4) is 0 Å². The molecule has 0 aromatic carbocycles. The van der Waals surface area contributed by atoms with E-state index in [9.17, 15) is 0 Å². The summed E-state index contributed by atoms with van der Waals surface area (Å²) in [4.78, 5) is 3.95. The molecule has 0 atom stereocenters. The van der Waals surface area contributed by atoms with Crippen LogP contribution in [0.1, 0.15) is 0 Å². The van der Waals surface area contributed by atoms with Gasteiger partial charge < -0.3 is 5.32 Å². The summed E-state index contributed by atoms with van der Waals surface area (Å²) in [7, 11) is 1.81. The average Bonchev–Trinajstić information content (AvgIpc) is 2.46. The minimum Gasteiger partial charge on any atom is -0.371 e. The molecule has 2 N–H and O–H groups in total. The number of hydrogen-bond donors (Lipinski definition) is 2. The van der Waals surface area contributed by atoms with Crippen molar-refractivity contribution in [2.24, 2.45) is 0 Å². The summed E-state index contributed by atoms with van der Waals surface area (Å²) < 4.78 is 0. The lowest BCUT2D eigenvalue weighted by molar-refractivity contribution is 1.11. The van der Waals surface area contributed by atoms with Gasteiger partial charge in [-0.1, -0.05) is 11.6 Å². The van der Waals surface area contributed by atoms with Crippen molar-refractivity contribution in [2.45, 2.75) is 0 Å². The molecule has 0 fully saturated rings. The normalized spacial score (nSPS) is 10.5. The third kappa shape index (κ3) is 1.00. The molecule has 12 heavy (non-hydrogen) atoms. The first-order valence-electron chi connectivity index (χ1n) is 3.48. The molecule has 2 aromatic rings. The van der Waals surface area contributed by atoms with E-state index in [0.29, 0.717) is 5.15 Å². The molecule has 0 saturated heterocycles. The smallest absolute Gasteiger partial charge is 0.157 e. The molecule has 2 aromatic heterocycles. The van der Waals surface area contributed by atoms with Crippen molar-refractivity contribution < 1.29 is 0 Å². The number of rotatable bonds is 1. The number of halogens is 1. The zero-order valence-corrected chi connectivity index (χ0v) is 7.18. The fourth-order valence-corrected chi connectivity index (χ4v) is 1.24. The number of pyridine rings is 1. The second kappa shape index (κ2) is 2.64. The van der Waals surface area contributed by atoms with Crippen molar-refractivity contribution in [1.29, 1.82) is 0 Å². The monoisotopic (exact) mass is 182 g/mol. The van der Waals surface area contributed by atoms with Crippen LogP contribution in [0.5, 0.6) is 0 Å². The van der Waals surface area contributed by atoms with Gasteiger partial charge >= 0.3 is 0 Å². The Kier molecular flexibility index (Phi) is 1.62. The summed E-state index contributed by atoms with van der Waals surface area (Å²) in [6.07, 6.45) is 1.69. The number of hydrogen-bond acceptors (Lipinski definition) is 3. The summed E-state index contributed by atoms with van der Waals surface area (Å²) in [5, 5.41) is 11.2. The lowest BCUT2D eigenvalue weighted by Gasteiger charge is -1.92. The van der Waals surface area contributed by atoms with E-state index in [1.807, 2.05) is 7.05 Å². The summed E-state index contributed by atoms with van der Waals surface area (Å²) in [6.45, 7) is 0. The molecule has 0 aliphatic carbocycles. The quantitative estimate of drug-likeness (QED) is 0.660. The molecule has 0 radical (unpaired) electrons. The molecule has 0 unspecified atom stereocenters. The maximum absolute atomic E-state index is 5.69. The largest absolute Gasteiger partial charge is 0.371 e. The molecular formula is C7H7ClN4. The number of nitrogens with one attached hydrogen (secondary N) is 2. The number of aromatic nitrogens is 3. The molecule has 62 valence electrons. The molecule has 0 spiro atoms. The number of fused-ring (bicyclic) bond motifs is 1. The first-order chi connectivity index (χ1) is 5.81. The minimum atomic E-state index is 0.466. The zero-order valence-electron chi connectivity index (χ0n) is 6.43. The van der Waals surface area contributed by atoms with E-state index in [2.05, 4.69) is 20.5 Å². The van der Waals surface area contributed by atoms with Crippen LogP contribution in [0.25, 0.3) is 10.9 Å². The molecule has 0 aliphatic heterocycles. The van der Waals surface area contributed by atoms with Crippen molar-refractivity contribution in [2.75, 3.05) is 12.4 Å². The molecule has 2 rings (SSSR count). The van der Waals surface area contributed by atoms with Gasteiger partial charge in [0.15, 0.2) is 5.82 Å². The van der Waals surface area contributed by atoms with Crippen LogP contribution in [0, 0.1) is 0 Å². The second-order valence-corrected chi connectivity index (χ2v) is 2.76. The maximum Gasteiger partial charge on any atom is 0.157 e. The lowest BCUT2D eigenvalue weighted by atomic mass is 10.3. The molecule has 0 amide bonds. The highest BCUT2D eigenvalue weighted by Gasteiger charge is 2.03. The number of aromatic amines is 1. The van der Waals surface area contributed by atoms with Gasteiger partial charge in [-0.25, -0.2) is 4.98 Å². The minimum absolute atomic E-state index is 0.466. The van der Waals surface area contributed by atoms with Gasteiger partial charge in [0.25, 0.3) is 0 Å². The molecule has 0 aliphatic rings. The highest BCUT2D eigenvalue weighted by molar-refractivity contribution is 6.30. The Labute approximate surface area is 73.9 Å². The van der Waals surface area contributed by atoms with Crippen LogP contribution >= 0.6 is 11.6 Å². The van der Waals surface area contributed by atoms with Crippen LogP contribution in [-0.4, -0.2) is 22.2 Å². The van der Waals surface area contributed by atoms with Gasteiger partial charge in [0.1, 0.15) is 5.15 Å². The van der Waals surface area contributed by atoms with Gasteiger partial charge in [-0.05, 0) is 0 Å². The Balaban J connectivity index is 2.73. The van der Waals surface area contributed by atoms with Crippen LogP contribution in [0.2, 0.25) is 5.15 Å². The molecule has 2 heterocycles. The summed E-state index contributed by atoms with van der Waals surface area (Å²) in [5.41, 5.74) is 0.888. The number of anilines is 1. The first-order valence-corrected chi connectivity index (χ1v) is 3.86. The van der Waals surface area contributed by atoms with Gasteiger partial charge in [-0.3, -0.25) is 5.10 Å². The van der Waals surface area contributed by atoms with Gasteiger partial charge in [0, 0.05) is 19.3 Å². The van der Waals surface area contributed by atoms with E-state index < -0.39 is 0 Å². The molecular weight excluding hydrogens is 176 g/mol. The van der Waals surface area contributed by atoms with Gasteiger partial charge in [0.2, 0.25) is 0 Å². The Morgan fingerprint density at radius 2 is 2.42 bits per heavy atom. The fraction of sp³-hybridized carbons (Fsp3) is 0.143. The Hall–Kier alpha value is -1.29. The van der Waals surface area contributed by atoms with E-state index in [-0.39, 0.29) is 0 Å². The number of nitrogens with zero attached hydrogens (tertiary/aromatic N) is 2. The van der Waals surface area contributed by atoms with Crippen LogP contribution < -0.4 is 5.32 Å². The molecule has 0 bridgehead atoms. The third-order valence-electron chi connectivity index (χ3n) is 1.65. The van der Waals surface area contributed by atoms with E-state index in [1.54, 1.807) is 12.3 Å². The lowest BCUT2D eigenvalue weighted by Crippen LogP contribution is -1.87. The van der Waals surface area contributed by atoms with Gasteiger partial charge in [-0.15, -0.1) is 0 Å². The van der Waals surface area contributed by atoms with Gasteiger partial charge in [-0.2, -0.15) is 5.10 Å². The van der Waals surface area contributed by atoms with E-state index >= 15 is 0 Å². The Morgan fingerprint density at radius 1 is 1.58 bits per heavy atom. The second-order valence-electron chi connectivity index (χ2n) is 2.37. The summed E-state index contributed by atoms with van der Waals surface area (Å²) >= 11 is 5.69. The number of H-pyrrole nitrogens is 1. The predicted octanol–water partition coefficient (Wildman–Crippen LogP) is 1.65. The van der Waals surface area contributed by atoms with Crippen LogP contribution in [0.4, 0.5) is 5.82 Å². The topological polar surface area (TPSA) is 53.6 Å². The van der Waals surface area contributed by atoms with E-state index in [1.165, 1.54) is 0 Å². The van der Waals surface area contributed by atoms with Crippen molar-refractivity contribution in [3.05, 3.63) is 17.4 Å². The summed E-state index contributed by atoms with van der Waals surface area (Å²) in [6, 6.07) is 1.74. The molecule has 4 nitrogen and oxygen atoms in total.